The van der Waals surface area contributed by atoms with Crippen molar-refractivity contribution in [3.8, 4) is 11.5 Å². The highest BCUT2D eigenvalue weighted by Crippen LogP contribution is 2.27. The maximum atomic E-state index is 11.9. The summed E-state index contributed by atoms with van der Waals surface area (Å²) in [6.07, 6.45) is 0.772. The van der Waals surface area contributed by atoms with E-state index in [0.29, 0.717) is 30.5 Å². The van der Waals surface area contributed by atoms with Crippen LogP contribution >= 0.6 is 0 Å². The third-order valence-corrected chi connectivity index (χ3v) is 4.32. The number of benzene rings is 2. The zero-order valence-electron chi connectivity index (χ0n) is 17.6. The van der Waals surface area contributed by atoms with Crippen molar-refractivity contribution in [1.82, 2.24) is 15.5 Å². The van der Waals surface area contributed by atoms with Crippen LogP contribution in [0.5, 0.6) is 11.5 Å². The molecule has 7 heteroatoms. The molecule has 156 valence electrons. The average Bonchev–Trinajstić information content (AvgIpc) is 2.75. The molecule has 2 rings (SSSR count). The summed E-state index contributed by atoms with van der Waals surface area (Å²) in [6.45, 7) is 1.37. The Hall–Kier alpha value is -3.22. The molecule has 29 heavy (non-hydrogen) atoms. The van der Waals surface area contributed by atoms with Crippen molar-refractivity contribution in [3.05, 3.63) is 59.7 Å². The van der Waals surface area contributed by atoms with Gasteiger partial charge in [0.25, 0.3) is 0 Å². The van der Waals surface area contributed by atoms with E-state index in [0.717, 1.165) is 17.5 Å². The van der Waals surface area contributed by atoms with Gasteiger partial charge < -0.3 is 25.0 Å². The van der Waals surface area contributed by atoms with E-state index in [-0.39, 0.29) is 12.5 Å². The van der Waals surface area contributed by atoms with E-state index in [1.54, 1.807) is 33.2 Å². The number of likely N-dealkylation sites (N-methyl/N-ethyl adjacent to an activating group) is 1. The van der Waals surface area contributed by atoms with Crippen LogP contribution < -0.4 is 20.1 Å². The summed E-state index contributed by atoms with van der Waals surface area (Å²) in [5.74, 6) is 2.00. The monoisotopic (exact) mass is 398 g/mol. The summed E-state index contributed by atoms with van der Waals surface area (Å²) < 4.78 is 10.6. The number of amides is 1. The molecular weight excluding hydrogens is 368 g/mol. The summed E-state index contributed by atoms with van der Waals surface area (Å²) in [4.78, 5) is 18.0. The quantitative estimate of drug-likeness (QED) is 0.500. The largest absolute Gasteiger partial charge is 0.493 e. The van der Waals surface area contributed by atoms with E-state index >= 15 is 0 Å². The van der Waals surface area contributed by atoms with Crippen LogP contribution in [0.4, 0.5) is 0 Å². The third-order valence-electron chi connectivity index (χ3n) is 4.32. The van der Waals surface area contributed by atoms with Gasteiger partial charge in [-0.1, -0.05) is 36.4 Å². The number of carbonyl (C=O) groups excluding carboxylic acids is 1. The van der Waals surface area contributed by atoms with Gasteiger partial charge in [0, 0.05) is 20.6 Å². The fraction of sp³-hybridized carbons (Fsp3) is 0.364. The molecule has 2 aromatic rings. The van der Waals surface area contributed by atoms with Crippen molar-refractivity contribution >= 4 is 11.9 Å². The first-order chi connectivity index (χ1) is 14.0. The third kappa shape index (κ3) is 7.37. The number of nitrogens with one attached hydrogen (secondary N) is 2. The Morgan fingerprint density at radius 3 is 2.34 bits per heavy atom. The Bertz CT molecular complexity index is 807. The predicted octanol–water partition coefficient (Wildman–Crippen LogP) is 2.07. The minimum atomic E-state index is -0.0147. The van der Waals surface area contributed by atoms with Gasteiger partial charge in [0.15, 0.2) is 17.5 Å². The van der Waals surface area contributed by atoms with Crippen LogP contribution in [0.25, 0.3) is 0 Å². The van der Waals surface area contributed by atoms with Crippen LogP contribution in [0.2, 0.25) is 0 Å². The number of nitrogens with zero attached hydrogens (tertiary/aromatic N) is 2. The first kappa shape index (κ1) is 22.1. The second kappa shape index (κ2) is 11.6. The van der Waals surface area contributed by atoms with Gasteiger partial charge in [0.05, 0.1) is 27.3 Å². The molecule has 0 fully saturated rings. The molecule has 0 atom stereocenters. The van der Waals surface area contributed by atoms with Gasteiger partial charge in [0.1, 0.15) is 0 Å². The van der Waals surface area contributed by atoms with Crippen LogP contribution in [0.15, 0.2) is 53.5 Å². The Morgan fingerprint density at radius 2 is 1.69 bits per heavy atom. The lowest BCUT2D eigenvalue weighted by Gasteiger charge is -2.15. The van der Waals surface area contributed by atoms with Gasteiger partial charge in [-0.25, -0.2) is 4.99 Å². The van der Waals surface area contributed by atoms with Crippen LogP contribution in [0, 0.1) is 0 Å². The lowest BCUT2D eigenvalue weighted by Crippen LogP contribution is -2.43. The fourth-order valence-corrected chi connectivity index (χ4v) is 2.61. The number of ether oxygens (including phenoxy) is 2. The Kier molecular flexibility index (Phi) is 8.82. The Balaban J connectivity index is 1.98. The fourth-order valence-electron chi connectivity index (χ4n) is 2.61. The van der Waals surface area contributed by atoms with Gasteiger partial charge in [-0.3, -0.25) is 4.79 Å². The molecule has 0 aromatic heterocycles. The summed E-state index contributed by atoms with van der Waals surface area (Å²) in [6, 6.07) is 15.9. The predicted molar refractivity (Wildman–Crippen MR) is 116 cm³/mol. The molecule has 0 spiro atoms. The second-order valence-corrected chi connectivity index (χ2v) is 6.66. The van der Waals surface area contributed by atoms with Gasteiger partial charge in [-0.2, -0.15) is 0 Å². The van der Waals surface area contributed by atoms with Crippen LogP contribution in [0.3, 0.4) is 0 Å². The number of hydrogen-bond donors (Lipinski definition) is 2. The van der Waals surface area contributed by atoms with Crippen LogP contribution in [0.1, 0.15) is 11.1 Å². The lowest BCUT2D eigenvalue weighted by atomic mass is 10.1. The maximum Gasteiger partial charge on any atom is 0.241 e. The average molecular weight is 399 g/mol. The standard InChI is InChI=1S/C22H30N4O3/c1-26(2)21(27)16-25-22(24-15-18-8-6-5-7-9-18)23-13-12-17-10-11-19(28-3)20(14-17)29-4/h5-11,14H,12-13,15-16H2,1-4H3,(H2,23,24,25). The van der Waals surface area contributed by atoms with Gasteiger partial charge in [-0.05, 0) is 29.7 Å². The highest BCUT2D eigenvalue weighted by atomic mass is 16.5. The summed E-state index contributed by atoms with van der Waals surface area (Å²) in [5, 5.41) is 6.40. The Morgan fingerprint density at radius 1 is 0.966 bits per heavy atom. The van der Waals surface area contributed by atoms with Crippen molar-refractivity contribution in [2.24, 2.45) is 4.99 Å². The van der Waals surface area contributed by atoms with E-state index in [2.05, 4.69) is 15.6 Å². The van der Waals surface area contributed by atoms with Crippen molar-refractivity contribution in [3.63, 3.8) is 0 Å². The van der Waals surface area contributed by atoms with Crippen molar-refractivity contribution in [2.75, 3.05) is 41.4 Å². The van der Waals surface area contributed by atoms with Gasteiger partial charge in [0.2, 0.25) is 5.91 Å². The molecule has 0 bridgehead atoms. The molecule has 2 N–H and O–H groups in total. The van der Waals surface area contributed by atoms with E-state index in [1.165, 1.54) is 0 Å². The first-order valence-corrected chi connectivity index (χ1v) is 9.50. The van der Waals surface area contributed by atoms with Crippen LogP contribution in [-0.4, -0.2) is 58.2 Å². The molecule has 2 aromatic carbocycles. The number of carbonyl (C=O) groups is 1. The van der Waals surface area contributed by atoms with Crippen molar-refractivity contribution in [1.29, 1.82) is 0 Å². The van der Waals surface area contributed by atoms with Crippen molar-refractivity contribution in [2.45, 2.75) is 13.0 Å². The van der Waals surface area contributed by atoms with E-state index < -0.39 is 0 Å². The minimum Gasteiger partial charge on any atom is -0.493 e. The topological polar surface area (TPSA) is 75.2 Å². The molecule has 0 radical (unpaired) electrons. The summed E-state index contributed by atoms with van der Waals surface area (Å²) >= 11 is 0. The number of aliphatic imine (C=N–C) groups is 1. The van der Waals surface area contributed by atoms with E-state index in [4.69, 9.17) is 9.47 Å². The smallest absolute Gasteiger partial charge is 0.241 e. The number of hydrogen-bond acceptors (Lipinski definition) is 4. The van der Waals surface area contributed by atoms with Crippen molar-refractivity contribution < 1.29 is 14.3 Å². The van der Waals surface area contributed by atoms with Gasteiger partial charge in [-0.15, -0.1) is 0 Å². The van der Waals surface area contributed by atoms with E-state index in [9.17, 15) is 4.79 Å². The number of methoxy groups -OCH3 is 2. The molecule has 1 amide bonds. The molecular formula is C22H30N4O3. The first-order valence-electron chi connectivity index (χ1n) is 9.50. The molecule has 0 aliphatic carbocycles. The maximum absolute atomic E-state index is 11.9. The second-order valence-electron chi connectivity index (χ2n) is 6.66. The SMILES string of the molecule is COc1ccc(CCNC(=NCc2ccccc2)NCC(=O)N(C)C)cc1OC. The molecule has 0 aliphatic rings. The lowest BCUT2D eigenvalue weighted by molar-refractivity contribution is -0.127. The van der Waals surface area contributed by atoms with Gasteiger partial charge >= 0.3 is 0 Å². The minimum absolute atomic E-state index is 0.0147. The molecule has 0 saturated carbocycles. The molecule has 0 saturated heterocycles. The summed E-state index contributed by atoms with van der Waals surface area (Å²) in [7, 11) is 6.71. The summed E-state index contributed by atoms with van der Waals surface area (Å²) in [5.41, 5.74) is 2.22. The molecule has 7 nitrogen and oxygen atoms in total. The van der Waals surface area contributed by atoms with Crippen LogP contribution in [-0.2, 0) is 17.8 Å². The highest BCUT2D eigenvalue weighted by Gasteiger charge is 2.07. The zero-order valence-corrected chi connectivity index (χ0v) is 17.6. The Labute approximate surface area is 172 Å². The molecule has 0 heterocycles. The highest BCUT2D eigenvalue weighted by molar-refractivity contribution is 5.86. The van der Waals surface area contributed by atoms with E-state index in [1.807, 2.05) is 48.5 Å². The number of guanidine groups is 1. The molecule has 0 aliphatic heterocycles. The normalized spacial score (nSPS) is 11.0. The zero-order chi connectivity index (χ0) is 21.1. The molecule has 0 unspecified atom stereocenters. The number of rotatable bonds is 9.